The Labute approximate surface area is 124 Å². The predicted octanol–water partition coefficient (Wildman–Crippen LogP) is 5.18. The number of ketones is 1. The van der Waals surface area contributed by atoms with E-state index in [-0.39, 0.29) is 12.2 Å². The number of carbonyl (C=O) groups excluding carboxylic acids is 1. The summed E-state index contributed by atoms with van der Waals surface area (Å²) < 4.78 is 0.943. The van der Waals surface area contributed by atoms with Gasteiger partial charge in [-0.1, -0.05) is 57.3 Å². The van der Waals surface area contributed by atoms with Crippen LogP contribution in [-0.4, -0.2) is 5.78 Å². The van der Waals surface area contributed by atoms with Gasteiger partial charge in [0.15, 0.2) is 5.78 Å². The highest BCUT2D eigenvalue weighted by atomic mass is 79.9. The summed E-state index contributed by atoms with van der Waals surface area (Å²) in [5.74, 6) is -0.0799. The van der Waals surface area contributed by atoms with Crippen LogP contribution in [0.15, 0.2) is 46.9 Å². The number of hydrogen-bond acceptors (Lipinski definition) is 1. The molecule has 92 valence electrons. The van der Waals surface area contributed by atoms with Crippen molar-refractivity contribution in [3.8, 4) is 0 Å². The van der Waals surface area contributed by atoms with Gasteiger partial charge in [-0.3, -0.25) is 4.79 Å². The largest absolute Gasteiger partial charge is 0.294 e. The van der Waals surface area contributed by atoms with E-state index in [1.807, 2.05) is 24.3 Å². The molecule has 4 heteroatoms. The highest BCUT2D eigenvalue weighted by Crippen LogP contribution is 2.26. The van der Waals surface area contributed by atoms with Crippen LogP contribution < -0.4 is 0 Å². The number of benzene rings is 2. The molecule has 0 aliphatic heterocycles. The second-order valence-corrected chi connectivity index (χ2v) is 5.56. The lowest BCUT2D eigenvalue weighted by Gasteiger charge is -2.06. The topological polar surface area (TPSA) is 17.1 Å². The molecule has 0 saturated carbocycles. The summed E-state index contributed by atoms with van der Waals surface area (Å²) in [4.78, 5) is 12.2. The molecule has 0 bridgehead atoms. The summed E-state index contributed by atoms with van der Waals surface area (Å²) in [6, 6.07) is 12.7. The molecule has 0 saturated heterocycles. The summed E-state index contributed by atoms with van der Waals surface area (Å²) in [6.45, 7) is 0. The first-order chi connectivity index (χ1) is 8.58. The van der Waals surface area contributed by atoms with Gasteiger partial charge in [0.2, 0.25) is 0 Å². The molecule has 1 nitrogen and oxygen atoms in total. The molecule has 0 unspecified atom stereocenters. The van der Waals surface area contributed by atoms with Crippen LogP contribution in [0, 0.1) is 0 Å². The first kappa shape index (κ1) is 13.6. The van der Waals surface area contributed by atoms with Crippen LogP contribution in [0.25, 0.3) is 0 Å². The van der Waals surface area contributed by atoms with Crippen LogP contribution in [0.2, 0.25) is 10.0 Å². The zero-order valence-corrected chi connectivity index (χ0v) is 12.4. The van der Waals surface area contributed by atoms with Crippen LogP contribution in [0.4, 0.5) is 0 Å². The smallest absolute Gasteiger partial charge is 0.170 e. The van der Waals surface area contributed by atoms with E-state index in [9.17, 15) is 4.79 Å². The Balaban J connectivity index is 2.28. The molecule has 0 heterocycles. The van der Waals surface area contributed by atoms with Crippen molar-refractivity contribution in [3.05, 3.63) is 68.1 Å². The van der Waals surface area contributed by atoms with Gasteiger partial charge in [-0.05, 0) is 29.8 Å². The van der Waals surface area contributed by atoms with Gasteiger partial charge in [0.05, 0.1) is 15.6 Å². The van der Waals surface area contributed by atoms with E-state index in [2.05, 4.69) is 15.9 Å². The molecule has 0 N–H and O–H groups in total. The van der Waals surface area contributed by atoms with E-state index in [0.717, 1.165) is 10.0 Å². The number of carbonyl (C=O) groups is 1. The number of Topliss-reactive ketones (excluding diaryl/α,β-unsaturated/α-hetero) is 1. The normalized spacial score (nSPS) is 10.4. The zero-order valence-electron chi connectivity index (χ0n) is 9.29. The van der Waals surface area contributed by atoms with Crippen molar-refractivity contribution >= 4 is 44.9 Å². The lowest BCUT2D eigenvalue weighted by atomic mass is 10.0. The second kappa shape index (κ2) is 5.87. The molecular weight excluding hydrogens is 335 g/mol. The molecule has 0 aliphatic rings. The van der Waals surface area contributed by atoms with Gasteiger partial charge in [0.1, 0.15) is 0 Å². The minimum atomic E-state index is -0.0799. The summed E-state index contributed by atoms with van der Waals surface area (Å²) in [5.41, 5.74) is 1.31. The van der Waals surface area contributed by atoms with Gasteiger partial charge in [-0.15, -0.1) is 0 Å². The fourth-order valence-electron chi connectivity index (χ4n) is 1.68. The lowest BCUT2D eigenvalue weighted by molar-refractivity contribution is 0.0993. The van der Waals surface area contributed by atoms with Crippen LogP contribution in [0.5, 0.6) is 0 Å². The van der Waals surface area contributed by atoms with Crippen molar-refractivity contribution < 1.29 is 4.79 Å². The van der Waals surface area contributed by atoms with E-state index >= 15 is 0 Å². The molecule has 0 aliphatic carbocycles. The van der Waals surface area contributed by atoms with Gasteiger partial charge in [0, 0.05) is 10.9 Å². The minimum Gasteiger partial charge on any atom is -0.294 e. The van der Waals surface area contributed by atoms with E-state index in [4.69, 9.17) is 23.2 Å². The fourth-order valence-corrected chi connectivity index (χ4v) is 2.74. The number of rotatable bonds is 3. The summed E-state index contributed by atoms with van der Waals surface area (Å²) in [6.07, 6.45) is 0.281. The molecule has 0 fully saturated rings. The van der Waals surface area contributed by atoms with Gasteiger partial charge in [-0.2, -0.15) is 0 Å². The van der Waals surface area contributed by atoms with E-state index in [0.29, 0.717) is 15.6 Å². The third kappa shape index (κ3) is 3.14. The van der Waals surface area contributed by atoms with Crippen LogP contribution in [-0.2, 0) is 6.42 Å². The molecule has 2 aromatic rings. The Morgan fingerprint density at radius 2 is 1.67 bits per heavy atom. The minimum absolute atomic E-state index is 0.0799. The van der Waals surface area contributed by atoms with Crippen molar-refractivity contribution in [1.82, 2.24) is 0 Å². The highest BCUT2D eigenvalue weighted by Gasteiger charge is 2.14. The highest BCUT2D eigenvalue weighted by molar-refractivity contribution is 9.10. The quantitative estimate of drug-likeness (QED) is 0.701. The summed E-state index contributed by atoms with van der Waals surface area (Å²) in [5, 5.41) is 0.782. The monoisotopic (exact) mass is 342 g/mol. The molecule has 0 amide bonds. The number of halogens is 3. The van der Waals surface area contributed by atoms with Crippen molar-refractivity contribution in [1.29, 1.82) is 0 Å². The predicted molar refractivity (Wildman–Crippen MR) is 78.6 cm³/mol. The summed E-state index contributed by atoms with van der Waals surface area (Å²) >= 11 is 15.4. The molecule has 0 aromatic heterocycles. The molecule has 18 heavy (non-hydrogen) atoms. The maximum Gasteiger partial charge on any atom is 0.170 e. The van der Waals surface area contributed by atoms with Crippen molar-refractivity contribution in [3.63, 3.8) is 0 Å². The van der Waals surface area contributed by atoms with Gasteiger partial charge < -0.3 is 0 Å². The van der Waals surface area contributed by atoms with Crippen LogP contribution >= 0.6 is 39.1 Å². The average molecular weight is 344 g/mol. The molecule has 0 radical (unpaired) electrons. The van der Waals surface area contributed by atoms with Gasteiger partial charge in [-0.25, -0.2) is 0 Å². The first-order valence-electron chi connectivity index (χ1n) is 5.29. The van der Waals surface area contributed by atoms with Gasteiger partial charge >= 0.3 is 0 Å². The van der Waals surface area contributed by atoms with Gasteiger partial charge in [0.25, 0.3) is 0 Å². The third-order valence-corrected chi connectivity index (χ3v) is 3.62. The standard InChI is InChI=1S/C14H9BrCl2O/c15-10-4-1-3-9(7-10)8-13(18)14-11(16)5-2-6-12(14)17/h1-7H,8H2. The van der Waals surface area contributed by atoms with Crippen LogP contribution in [0.3, 0.4) is 0 Å². The Morgan fingerprint density at radius 1 is 1.06 bits per heavy atom. The Bertz CT molecular complexity index is 576. The molecule has 2 rings (SSSR count). The Hall–Kier alpha value is -0.830. The maximum absolute atomic E-state index is 12.2. The average Bonchev–Trinajstić information content (AvgIpc) is 2.28. The van der Waals surface area contributed by atoms with E-state index in [1.165, 1.54) is 0 Å². The number of hydrogen-bond donors (Lipinski definition) is 0. The third-order valence-electron chi connectivity index (χ3n) is 2.50. The second-order valence-electron chi connectivity index (χ2n) is 3.83. The Morgan fingerprint density at radius 3 is 2.28 bits per heavy atom. The van der Waals surface area contributed by atoms with E-state index in [1.54, 1.807) is 18.2 Å². The first-order valence-corrected chi connectivity index (χ1v) is 6.84. The maximum atomic E-state index is 12.2. The SMILES string of the molecule is O=C(Cc1cccc(Br)c1)c1c(Cl)cccc1Cl. The van der Waals surface area contributed by atoms with Crippen molar-refractivity contribution in [2.75, 3.05) is 0 Å². The summed E-state index contributed by atoms with van der Waals surface area (Å²) in [7, 11) is 0. The fraction of sp³-hybridized carbons (Fsp3) is 0.0714. The molecule has 2 aromatic carbocycles. The molecule has 0 atom stereocenters. The van der Waals surface area contributed by atoms with Crippen LogP contribution in [0.1, 0.15) is 15.9 Å². The lowest BCUT2D eigenvalue weighted by Crippen LogP contribution is -2.05. The van der Waals surface area contributed by atoms with Crippen molar-refractivity contribution in [2.24, 2.45) is 0 Å². The zero-order chi connectivity index (χ0) is 13.1. The molecular formula is C14H9BrCl2O. The van der Waals surface area contributed by atoms with Crippen molar-refractivity contribution in [2.45, 2.75) is 6.42 Å². The Kier molecular flexibility index (Phi) is 4.44. The molecule has 0 spiro atoms. The van der Waals surface area contributed by atoms with E-state index < -0.39 is 0 Å².